The maximum absolute atomic E-state index is 12.3. The number of benzene rings is 1. The standard InChI is InChI=1S/C17H19ClN2O4/c18-10-1-6-13(14(21)9-10)17(24)19-11-2-4-12(5-3-11)20-15(22)7-8-16(20)23/h1,6,9,11-12,21H,2-5,7-8H2,(H,19,24). The monoisotopic (exact) mass is 350 g/mol. The topological polar surface area (TPSA) is 86.7 Å². The van der Waals surface area contributed by atoms with Gasteiger partial charge in [-0.05, 0) is 43.9 Å². The van der Waals surface area contributed by atoms with E-state index in [0.29, 0.717) is 43.5 Å². The van der Waals surface area contributed by atoms with Crippen LogP contribution in [0.3, 0.4) is 0 Å². The molecule has 128 valence electrons. The van der Waals surface area contributed by atoms with Gasteiger partial charge in [0, 0.05) is 29.9 Å². The summed E-state index contributed by atoms with van der Waals surface area (Å²) in [5.74, 6) is -0.667. The fraction of sp³-hybridized carbons (Fsp3) is 0.471. The summed E-state index contributed by atoms with van der Waals surface area (Å²) in [5.41, 5.74) is 0.187. The third kappa shape index (κ3) is 3.38. The Bertz CT molecular complexity index is 667. The molecule has 1 heterocycles. The van der Waals surface area contributed by atoms with Crippen molar-refractivity contribution < 1.29 is 19.5 Å². The van der Waals surface area contributed by atoms with Crippen molar-refractivity contribution in [3.63, 3.8) is 0 Å². The number of likely N-dealkylation sites (tertiary alicyclic amines) is 1. The Labute approximate surface area is 144 Å². The van der Waals surface area contributed by atoms with Crippen molar-refractivity contribution in [1.82, 2.24) is 10.2 Å². The molecule has 1 saturated heterocycles. The maximum Gasteiger partial charge on any atom is 0.255 e. The van der Waals surface area contributed by atoms with Gasteiger partial charge in [0.2, 0.25) is 11.8 Å². The van der Waals surface area contributed by atoms with Crippen molar-refractivity contribution in [3.05, 3.63) is 28.8 Å². The van der Waals surface area contributed by atoms with Gasteiger partial charge >= 0.3 is 0 Å². The fourth-order valence-electron chi connectivity index (χ4n) is 3.44. The molecule has 1 aromatic rings. The zero-order valence-corrected chi connectivity index (χ0v) is 13.9. The zero-order valence-electron chi connectivity index (χ0n) is 13.1. The molecule has 0 spiro atoms. The molecule has 0 unspecified atom stereocenters. The van der Waals surface area contributed by atoms with E-state index >= 15 is 0 Å². The number of phenols is 1. The number of aromatic hydroxyl groups is 1. The van der Waals surface area contributed by atoms with Crippen LogP contribution in [0.2, 0.25) is 5.02 Å². The second-order valence-electron chi connectivity index (χ2n) is 6.30. The largest absolute Gasteiger partial charge is 0.507 e. The van der Waals surface area contributed by atoms with Crippen LogP contribution in [-0.4, -0.2) is 39.8 Å². The molecule has 2 N–H and O–H groups in total. The van der Waals surface area contributed by atoms with Crippen molar-refractivity contribution in [3.8, 4) is 5.75 Å². The summed E-state index contributed by atoms with van der Waals surface area (Å²) < 4.78 is 0. The maximum atomic E-state index is 12.3. The third-order valence-electron chi connectivity index (χ3n) is 4.69. The number of amides is 3. The summed E-state index contributed by atoms with van der Waals surface area (Å²) in [6, 6.07) is 4.29. The molecule has 0 radical (unpaired) electrons. The van der Waals surface area contributed by atoms with Crippen LogP contribution >= 0.6 is 11.6 Å². The van der Waals surface area contributed by atoms with Crippen molar-refractivity contribution in [2.75, 3.05) is 0 Å². The average Bonchev–Trinajstić information content (AvgIpc) is 2.87. The van der Waals surface area contributed by atoms with Crippen molar-refractivity contribution >= 4 is 29.3 Å². The van der Waals surface area contributed by atoms with Gasteiger partial charge in [0.1, 0.15) is 5.75 Å². The first-order chi connectivity index (χ1) is 11.5. The lowest BCUT2D eigenvalue weighted by atomic mass is 9.90. The van der Waals surface area contributed by atoms with E-state index in [1.54, 1.807) is 6.07 Å². The van der Waals surface area contributed by atoms with E-state index in [0.717, 1.165) is 0 Å². The molecule has 0 bridgehead atoms. The first-order valence-corrected chi connectivity index (χ1v) is 8.48. The van der Waals surface area contributed by atoms with Crippen molar-refractivity contribution in [1.29, 1.82) is 0 Å². The van der Waals surface area contributed by atoms with Gasteiger partial charge in [-0.3, -0.25) is 19.3 Å². The lowest BCUT2D eigenvalue weighted by molar-refractivity contribution is -0.141. The summed E-state index contributed by atoms with van der Waals surface area (Å²) in [4.78, 5) is 37.2. The number of nitrogens with zero attached hydrogens (tertiary/aromatic N) is 1. The van der Waals surface area contributed by atoms with E-state index < -0.39 is 0 Å². The highest BCUT2D eigenvalue weighted by Gasteiger charge is 2.37. The lowest BCUT2D eigenvalue weighted by Gasteiger charge is -2.33. The Balaban J connectivity index is 1.56. The molecular formula is C17H19ClN2O4. The van der Waals surface area contributed by atoms with E-state index in [2.05, 4.69) is 5.32 Å². The minimum Gasteiger partial charge on any atom is -0.507 e. The highest BCUT2D eigenvalue weighted by atomic mass is 35.5. The third-order valence-corrected chi connectivity index (χ3v) is 4.93. The van der Waals surface area contributed by atoms with Crippen LogP contribution in [0.15, 0.2) is 18.2 Å². The van der Waals surface area contributed by atoms with Gasteiger partial charge in [0.15, 0.2) is 0 Å². The molecule has 1 aliphatic heterocycles. The Morgan fingerprint density at radius 1 is 1.12 bits per heavy atom. The highest BCUT2D eigenvalue weighted by Crippen LogP contribution is 2.28. The summed E-state index contributed by atoms with van der Waals surface area (Å²) in [5, 5.41) is 13.1. The summed E-state index contributed by atoms with van der Waals surface area (Å²) >= 11 is 5.76. The van der Waals surface area contributed by atoms with Crippen molar-refractivity contribution in [2.45, 2.75) is 50.6 Å². The Kier molecular flexibility index (Phi) is 4.76. The summed E-state index contributed by atoms with van der Waals surface area (Å²) in [6.07, 6.45) is 3.39. The predicted octanol–water partition coefficient (Wildman–Crippen LogP) is 2.24. The van der Waals surface area contributed by atoms with Gasteiger partial charge in [-0.15, -0.1) is 0 Å². The van der Waals surface area contributed by atoms with Crippen LogP contribution in [0.1, 0.15) is 48.9 Å². The van der Waals surface area contributed by atoms with E-state index in [9.17, 15) is 19.5 Å². The van der Waals surface area contributed by atoms with Crippen LogP contribution in [0.25, 0.3) is 0 Å². The molecule has 0 atom stereocenters. The van der Waals surface area contributed by atoms with E-state index in [1.807, 2.05) is 0 Å². The van der Waals surface area contributed by atoms with Crippen LogP contribution in [-0.2, 0) is 9.59 Å². The number of carbonyl (C=O) groups excluding carboxylic acids is 3. The van der Waals surface area contributed by atoms with Crippen LogP contribution in [0, 0.1) is 0 Å². The second kappa shape index (κ2) is 6.81. The Hall–Kier alpha value is -2.08. The molecule has 2 fully saturated rings. The number of carbonyl (C=O) groups is 3. The van der Waals surface area contributed by atoms with E-state index in [1.165, 1.54) is 17.0 Å². The Morgan fingerprint density at radius 2 is 1.75 bits per heavy atom. The fourth-order valence-corrected chi connectivity index (χ4v) is 3.61. The zero-order chi connectivity index (χ0) is 17.3. The first-order valence-electron chi connectivity index (χ1n) is 8.10. The van der Waals surface area contributed by atoms with E-state index in [4.69, 9.17) is 11.6 Å². The van der Waals surface area contributed by atoms with Crippen molar-refractivity contribution in [2.24, 2.45) is 0 Å². The van der Waals surface area contributed by atoms with Crippen LogP contribution in [0.5, 0.6) is 5.75 Å². The van der Waals surface area contributed by atoms with Gasteiger partial charge in [-0.2, -0.15) is 0 Å². The molecular weight excluding hydrogens is 332 g/mol. The Morgan fingerprint density at radius 3 is 2.33 bits per heavy atom. The number of phenolic OH excluding ortho intramolecular Hbond substituents is 1. The highest BCUT2D eigenvalue weighted by molar-refractivity contribution is 6.30. The number of hydrogen-bond acceptors (Lipinski definition) is 4. The number of hydrogen-bond donors (Lipinski definition) is 2. The molecule has 3 rings (SSSR count). The molecule has 2 aliphatic rings. The molecule has 1 aliphatic carbocycles. The number of rotatable bonds is 3. The SMILES string of the molecule is O=C(NC1CCC(N2C(=O)CCC2=O)CC1)c1ccc(Cl)cc1O. The van der Waals surface area contributed by atoms with Gasteiger partial charge in [-0.25, -0.2) is 0 Å². The first kappa shape index (κ1) is 16.8. The minimum absolute atomic E-state index is 0.0309. The number of halogens is 1. The molecule has 24 heavy (non-hydrogen) atoms. The van der Waals surface area contributed by atoms with E-state index in [-0.39, 0.29) is 41.1 Å². The normalized spacial score (nSPS) is 24.3. The lowest BCUT2D eigenvalue weighted by Crippen LogP contribution is -2.45. The van der Waals surface area contributed by atoms with Gasteiger partial charge in [0.05, 0.1) is 5.56 Å². The summed E-state index contributed by atoms with van der Waals surface area (Å²) in [7, 11) is 0. The summed E-state index contributed by atoms with van der Waals surface area (Å²) in [6.45, 7) is 0. The van der Waals surface area contributed by atoms with Gasteiger partial charge in [0.25, 0.3) is 5.91 Å². The molecule has 7 heteroatoms. The van der Waals surface area contributed by atoms with Crippen LogP contribution in [0.4, 0.5) is 0 Å². The van der Waals surface area contributed by atoms with Gasteiger partial charge in [-0.1, -0.05) is 11.6 Å². The molecule has 0 aromatic heterocycles. The molecule has 1 aromatic carbocycles. The van der Waals surface area contributed by atoms with Gasteiger partial charge < -0.3 is 10.4 Å². The average molecular weight is 351 g/mol. The number of nitrogens with one attached hydrogen (secondary N) is 1. The smallest absolute Gasteiger partial charge is 0.255 e. The van der Waals surface area contributed by atoms with Crippen LogP contribution < -0.4 is 5.32 Å². The second-order valence-corrected chi connectivity index (χ2v) is 6.73. The molecule has 1 saturated carbocycles. The minimum atomic E-state index is -0.346. The predicted molar refractivity (Wildman–Crippen MR) is 87.7 cm³/mol. The quantitative estimate of drug-likeness (QED) is 0.818. The number of imide groups is 1. The molecule has 6 nitrogen and oxygen atoms in total. The molecule has 3 amide bonds.